The van der Waals surface area contributed by atoms with E-state index in [0.717, 1.165) is 24.1 Å². The Bertz CT molecular complexity index is 630. The van der Waals surface area contributed by atoms with E-state index in [1.807, 2.05) is 49.4 Å². The molecule has 0 radical (unpaired) electrons. The lowest BCUT2D eigenvalue weighted by molar-refractivity contribution is -0.137. The number of aliphatic hydroxyl groups is 1. The van der Waals surface area contributed by atoms with Gasteiger partial charge in [-0.2, -0.15) is 13.2 Å². The SMILES string of the molecule is CC/C=C\[C@@H](c1ccccc1)[C@@H](O)c1ccc(C(F)(F)F)cc1. The largest absolute Gasteiger partial charge is 0.416 e. The molecule has 0 fully saturated rings. The van der Waals surface area contributed by atoms with Gasteiger partial charge in [-0.1, -0.05) is 61.5 Å². The van der Waals surface area contributed by atoms with E-state index in [0.29, 0.717) is 5.56 Å². The Balaban J connectivity index is 2.30. The number of benzene rings is 2. The first-order chi connectivity index (χ1) is 10.9. The Hall–Kier alpha value is -2.07. The van der Waals surface area contributed by atoms with E-state index >= 15 is 0 Å². The summed E-state index contributed by atoms with van der Waals surface area (Å²) in [7, 11) is 0. The first kappa shape index (κ1) is 17.3. The second-order valence-electron chi connectivity index (χ2n) is 5.34. The summed E-state index contributed by atoms with van der Waals surface area (Å²) in [5.41, 5.74) is 0.672. The third kappa shape index (κ3) is 4.45. The second kappa shape index (κ2) is 7.47. The van der Waals surface area contributed by atoms with Crippen molar-refractivity contribution in [2.75, 3.05) is 0 Å². The van der Waals surface area contributed by atoms with Gasteiger partial charge in [-0.15, -0.1) is 0 Å². The maximum Gasteiger partial charge on any atom is 0.416 e. The lowest BCUT2D eigenvalue weighted by atomic mass is 9.88. The molecular weight excluding hydrogens is 301 g/mol. The van der Waals surface area contributed by atoms with Gasteiger partial charge in [0.1, 0.15) is 0 Å². The first-order valence-corrected chi connectivity index (χ1v) is 7.50. The molecule has 0 unspecified atom stereocenters. The zero-order valence-corrected chi connectivity index (χ0v) is 12.8. The summed E-state index contributed by atoms with van der Waals surface area (Å²) in [4.78, 5) is 0. The molecule has 0 bridgehead atoms. The minimum atomic E-state index is -4.37. The minimum absolute atomic E-state index is 0.298. The fourth-order valence-corrected chi connectivity index (χ4v) is 2.43. The highest BCUT2D eigenvalue weighted by molar-refractivity contribution is 5.32. The van der Waals surface area contributed by atoms with Crippen LogP contribution in [-0.2, 0) is 6.18 Å². The monoisotopic (exact) mass is 320 g/mol. The van der Waals surface area contributed by atoms with Crippen LogP contribution in [0.25, 0.3) is 0 Å². The molecule has 0 saturated heterocycles. The number of halogens is 3. The Labute approximate surface area is 134 Å². The van der Waals surface area contributed by atoms with Gasteiger partial charge in [0.15, 0.2) is 0 Å². The molecule has 2 rings (SSSR count). The van der Waals surface area contributed by atoms with Crippen molar-refractivity contribution in [3.8, 4) is 0 Å². The van der Waals surface area contributed by atoms with Crippen molar-refractivity contribution in [3.63, 3.8) is 0 Å². The minimum Gasteiger partial charge on any atom is -0.387 e. The molecule has 23 heavy (non-hydrogen) atoms. The van der Waals surface area contributed by atoms with E-state index in [1.165, 1.54) is 12.1 Å². The molecule has 0 heterocycles. The van der Waals surface area contributed by atoms with Crippen LogP contribution in [0, 0.1) is 0 Å². The molecule has 0 amide bonds. The van der Waals surface area contributed by atoms with Gasteiger partial charge in [-0.05, 0) is 29.7 Å². The number of hydrogen-bond acceptors (Lipinski definition) is 1. The molecule has 4 heteroatoms. The quantitative estimate of drug-likeness (QED) is 0.722. The van der Waals surface area contributed by atoms with Gasteiger partial charge in [0, 0.05) is 5.92 Å². The maximum atomic E-state index is 12.6. The fraction of sp³-hybridized carbons (Fsp3) is 0.263. The van der Waals surface area contributed by atoms with Crippen molar-refractivity contribution >= 4 is 0 Å². The zero-order chi connectivity index (χ0) is 16.9. The van der Waals surface area contributed by atoms with E-state index in [2.05, 4.69) is 0 Å². The molecule has 0 saturated carbocycles. The second-order valence-corrected chi connectivity index (χ2v) is 5.34. The van der Waals surface area contributed by atoms with Crippen LogP contribution in [0.3, 0.4) is 0 Å². The summed E-state index contributed by atoms with van der Waals surface area (Å²) in [5.74, 6) is -0.298. The van der Waals surface area contributed by atoms with Gasteiger partial charge < -0.3 is 5.11 Å². The molecule has 122 valence electrons. The molecule has 2 atom stereocenters. The van der Waals surface area contributed by atoms with Crippen molar-refractivity contribution in [2.45, 2.75) is 31.5 Å². The van der Waals surface area contributed by atoms with Crippen molar-refractivity contribution in [1.29, 1.82) is 0 Å². The van der Waals surface area contributed by atoms with Crippen molar-refractivity contribution in [1.82, 2.24) is 0 Å². The van der Waals surface area contributed by atoms with E-state index in [-0.39, 0.29) is 5.92 Å². The molecular formula is C19H19F3O. The predicted molar refractivity (Wildman–Crippen MR) is 85.0 cm³/mol. The van der Waals surface area contributed by atoms with Gasteiger partial charge in [0.2, 0.25) is 0 Å². The summed E-state index contributed by atoms with van der Waals surface area (Å²) < 4.78 is 37.9. The van der Waals surface area contributed by atoms with Crippen LogP contribution >= 0.6 is 0 Å². The van der Waals surface area contributed by atoms with Crippen molar-refractivity contribution in [3.05, 3.63) is 83.4 Å². The number of aliphatic hydroxyl groups excluding tert-OH is 1. The highest BCUT2D eigenvalue weighted by Crippen LogP contribution is 2.34. The van der Waals surface area contributed by atoms with Crippen LogP contribution in [0.15, 0.2) is 66.7 Å². The number of alkyl halides is 3. The maximum absolute atomic E-state index is 12.6. The lowest BCUT2D eigenvalue weighted by Gasteiger charge is -2.21. The molecule has 0 aliphatic rings. The van der Waals surface area contributed by atoms with Crippen molar-refractivity contribution < 1.29 is 18.3 Å². The van der Waals surface area contributed by atoms with Crippen LogP contribution < -0.4 is 0 Å². The zero-order valence-electron chi connectivity index (χ0n) is 12.8. The lowest BCUT2D eigenvalue weighted by Crippen LogP contribution is -2.10. The fourth-order valence-electron chi connectivity index (χ4n) is 2.43. The Morgan fingerprint density at radius 1 is 0.957 bits per heavy atom. The van der Waals surface area contributed by atoms with E-state index in [9.17, 15) is 18.3 Å². The molecule has 0 spiro atoms. The van der Waals surface area contributed by atoms with Gasteiger partial charge in [-0.3, -0.25) is 0 Å². The normalized spacial score (nSPS) is 14.8. The van der Waals surface area contributed by atoms with Crippen LogP contribution in [-0.4, -0.2) is 5.11 Å². The number of rotatable bonds is 5. The van der Waals surface area contributed by atoms with Gasteiger partial charge in [0.05, 0.1) is 11.7 Å². The van der Waals surface area contributed by atoms with Crippen LogP contribution in [0.1, 0.15) is 42.1 Å². The molecule has 1 N–H and O–H groups in total. The average Bonchev–Trinajstić information content (AvgIpc) is 2.55. The Morgan fingerprint density at radius 2 is 1.57 bits per heavy atom. The Morgan fingerprint density at radius 3 is 2.09 bits per heavy atom. The predicted octanol–water partition coefficient (Wildman–Crippen LogP) is 5.49. The highest BCUT2D eigenvalue weighted by atomic mass is 19.4. The summed E-state index contributed by atoms with van der Waals surface area (Å²) in [6, 6.07) is 14.1. The summed E-state index contributed by atoms with van der Waals surface area (Å²) >= 11 is 0. The molecule has 2 aromatic carbocycles. The van der Waals surface area contributed by atoms with Crippen molar-refractivity contribution in [2.24, 2.45) is 0 Å². The molecule has 0 aliphatic carbocycles. The standard InChI is InChI=1S/C19H19F3O/c1-2-3-9-17(14-7-5-4-6-8-14)18(23)15-10-12-16(13-11-15)19(20,21)22/h3-13,17-18,23H,2H2,1H3/b9-3-/t17-,18-/m0/s1. The smallest absolute Gasteiger partial charge is 0.387 e. The van der Waals surface area contributed by atoms with E-state index in [4.69, 9.17) is 0 Å². The van der Waals surface area contributed by atoms with E-state index in [1.54, 1.807) is 0 Å². The summed E-state index contributed by atoms with van der Waals surface area (Å²) in [6.45, 7) is 1.99. The van der Waals surface area contributed by atoms with Crippen LogP contribution in [0.2, 0.25) is 0 Å². The molecule has 1 nitrogen and oxygen atoms in total. The third-order valence-corrected chi connectivity index (χ3v) is 3.68. The summed E-state index contributed by atoms with van der Waals surface area (Å²) in [6.07, 6.45) is -0.599. The number of hydrogen-bond donors (Lipinski definition) is 1. The highest BCUT2D eigenvalue weighted by Gasteiger charge is 2.30. The summed E-state index contributed by atoms with van der Waals surface area (Å²) in [5, 5.41) is 10.6. The molecule has 0 aliphatic heterocycles. The molecule has 0 aromatic heterocycles. The van der Waals surface area contributed by atoms with Gasteiger partial charge >= 0.3 is 6.18 Å². The van der Waals surface area contributed by atoms with E-state index < -0.39 is 17.8 Å². The number of allylic oxidation sites excluding steroid dienone is 1. The molecule has 2 aromatic rings. The average molecular weight is 320 g/mol. The third-order valence-electron chi connectivity index (χ3n) is 3.68. The topological polar surface area (TPSA) is 20.2 Å². The van der Waals surface area contributed by atoms with Gasteiger partial charge in [-0.25, -0.2) is 0 Å². The first-order valence-electron chi connectivity index (χ1n) is 7.50. The van der Waals surface area contributed by atoms with Crippen LogP contribution in [0.4, 0.5) is 13.2 Å². The van der Waals surface area contributed by atoms with Gasteiger partial charge in [0.25, 0.3) is 0 Å². The Kier molecular flexibility index (Phi) is 5.61. The van der Waals surface area contributed by atoms with Crippen LogP contribution in [0.5, 0.6) is 0 Å².